The van der Waals surface area contributed by atoms with E-state index >= 15 is 0 Å². The summed E-state index contributed by atoms with van der Waals surface area (Å²) in [6.45, 7) is 8.01. The zero-order chi connectivity index (χ0) is 24.8. The van der Waals surface area contributed by atoms with Gasteiger partial charge in [0.15, 0.2) is 5.65 Å². The van der Waals surface area contributed by atoms with E-state index in [0.29, 0.717) is 48.5 Å². The summed E-state index contributed by atoms with van der Waals surface area (Å²) in [6.07, 6.45) is 1.99. The zero-order valence-electron chi connectivity index (χ0n) is 19.3. The molecule has 0 aromatic carbocycles. The van der Waals surface area contributed by atoms with Crippen molar-refractivity contribution in [3.05, 3.63) is 45.5 Å². The number of aromatic carboxylic acids is 1. The van der Waals surface area contributed by atoms with Gasteiger partial charge in [-0.2, -0.15) is 4.98 Å². The minimum Gasteiger partial charge on any atom is -0.477 e. The number of rotatable bonds is 3. The first-order valence-electron chi connectivity index (χ1n) is 10.8. The average Bonchev–Trinajstić information content (AvgIpc) is 3.04. The van der Waals surface area contributed by atoms with Crippen molar-refractivity contribution in [2.75, 3.05) is 13.1 Å². The number of likely N-dealkylation sites (tertiary alicyclic amines) is 1. The van der Waals surface area contributed by atoms with Gasteiger partial charge in [-0.25, -0.2) is 24.4 Å². The molecule has 0 bridgehead atoms. The van der Waals surface area contributed by atoms with Crippen molar-refractivity contribution in [1.82, 2.24) is 29.0 Å². The maximum Gasteiger partial charge on any atom is 0.410 e. The van der Waals surface area contributed by atoms with E-state index in [2.05, 4.69) is 15.0 Å². The van der Waals surface area contributed by atoms with Crippen molar-refractivity contribution in [1.29, 1.82) is 0 Å². The van der Waals surface area contributed by atoms with E-state index in [1.165, 1.54) is 22.9 Å². The number of halogens is 1. The third-order valence-corrected chi connectivity index (χ3v) is 5.74. The fraction of sp³-hybridized carbons (Fsp3) is 0.455. The van der Waals surface area contributed by atoms with Crippen molar-refractivity contribution in [3.63, 3.8) is 0 Å². The van der Waals surface area contributed by atoms with Gasteiger partial charge in [0.1, 0.15) is 16.8 Å². The number of carbonyl (C=O) groups is 2. The number of carboxylic acid groups (broad SMARTS) is 1. The highest BCUT2D eigenvalue weighted by atomic mass is 35.5. The van der Waals surface area contributed by atoms with Gasteiger partial charge in [-0.3, -0.25) is 9.13 Å². The van der Waals surface area contributed by atoms with Crippen LogP contribution < -0.4 is 5.69 Å². The first-order valence-corrected chi connectivity index (χ1v) is 11.2. The molecular formula is C22H25ClN6O5. The summed E-state index contributed by atoms with van der Waals surface area (Å²) in [5.74, 6) is -1.16. The van der Waals surface area contributed by atoms with E-state index in [1.807, 2.05) is 20.8 Å². The average molecular weight is 489 g/mol. The van der Waals surface area contributed by atoms with Crippen molar-refractivity contribution >= 4 is 34.8 Å². The fourth-order valence-corrected chi connectivity index (χ4v) is 4.30. The molecule has 11 nitrogen and oxygen atoms in total. The van der Waals surface area contributed by atoms with Crippen LogP contribution in [0.3, 0.4) is 0 Å². The Bertz CT molecular complexity index is 1320. The van der Waals surface area contributed by atoms with Gasteiger partial charge in [-0.1, -0.05) is 0 Å². The molecular weight excluding hydrogens is 464 g/mol. The molecule has 1 aliphatic rings. The van der Waals surface area contributed by atoms with E-state index in [0.717, 1.165) is 0 Å². The summed E-state index contributed by atoms with van der Waals surface area (Å²) in [7, 11) is 0. The van der Waals surface area contributed by atoms with Crippen molar-refractivity contribution in [3.8, 4) is 5.69 Å². The molecule has 1 aliphatic heterocycles. The molecule has 1 amide bonds. The molecule has 0 radical (unpaired) electrons. The second-order valence-corrected chi connectivity index (χ2v) is 9.48. The number of amides is 1. The van der Waals surface area contributed by atoms with Gasteiger partial charge in [0.25, 0.3) is 0 Å². The van der Waals surface area contributed by atoms with Gasteiger partial charge in [-0.05, 0) is 64.3 Å². The van der Waals surface area contributed by atoms with Crippen LogP contribution in [0.5, 0.6) is 0 Å². The van der Waals surface area contributed by atoms with Crippen LogP contribution in [0.2, 0.25) is 5.28 Å². The molecule has 0 atom stereocenters. The number of hydrogen-bond donors (Lipinski definition) is 1. The van der Waals surface area contributed by atoms with Crippen LogP contribution in [0, 0.1) is 6.92 Å². The highest BCUT2D eigenvalue weighted by molar-refractivity contribution is 6.28. The van der Waals surface area contributed by atoms with Crippen LogP contribution in [0.15, 0.2) is 23.1 Å². The minimum atomic E-state index is -1.16. The molecule has 0 unspecified atom stereocenters. The van der Waals surface area contributed by atoms with Crippen molar-refractivity contribution in [2.45, 2.75) is 52.2 Å². The second-order valence-electron chi connectivity index (χ2n) is 9.14. The molecule has 1 fully saturated rings. The number of carboxylic acids is 1. The number of pyridine rings is 1. The molecule has 0 spiro atoms. The third-order valence-electron chi connectivity index (χ3n) is 5.57. The Kier molecular flexibility index (Phi) is 6.07. The Morgan fingerprint density at radius 2 is 1.85 bits per heavy atom. The Hall–Kier alpha value is -3.47. The molecule has 4 heterocycles. The molecule has 0 aliphatic carbocycles. The molecule has 3 aromatic rings. The molecule has 180 valence electrons. The predicted octanol–water partition coefficient (Wildman–Crippen LogP) is 3.21. The number of aromatic nitrogens is 5. The molecule has 1 N–H and O–H groups in total. The standard InChI is InChI=1S/C22H25ClN6O5/c1-12-16-17(26-19(23)25-12)29(13-7-9-27(10-8-13)21(33)34-22(2,3)4)20(32)28(16)14-5-6-15(18(30)31)24-11-14/h5-6,11,13H,7-10H2,1-4H3,(H,30,31). The van der Waals surface area contributed by atoms with Crippen molar-refractivity contribution in [2.24, 2.45) is 0 Å². The lowest BCUT2D eigenvalue weighted by atomic mass is 10.1. The molecule has 1 saturated heterocycles. The van der Waals surface area contributed by atoms with Crippen LogP contribution in [0.25, 0.3) is 16.9 Å². The number of piperidine rings is 1. The van der Waals surface area contributed by atoms with Crippen LogP contribution >= 0.6 is 11.6 Å². The number of aryl methyl sites for hydroxylation is 1. The van der Waals surface area contributed by atoms with E-state index in [-0.39, 0.29) is 28.8 Å². The topological polar surface area (TPSA) is 132 Å². The lowest BCUT2D eigenvalue weighted by molar-refractivity contribution is 0.0188. The quantitative estimate of drug-likeness (QED) is 0.555. The van der Waals surface area contributed by atoms with Crippen LogP contribution in [-0.2, 0) is 4.74 Å². The van der Waals surface area contributed by atoms with Crippen LogP contribution in [-0.4, -0.2) is 64.8 Å². The SMILES string of the molecule is Cc1nc(Cl)nc2c1n(-c1ccc(C(=O)O)nc1)c(=O)n2C1CCN(C(=O)OC(C)(C)C)CC1. The Balaban J connectivity index is 1.73. The highest BCUT2D eigenvalue weighted by Gasteiger charge is 2.31. The maximum absolute atomic E-state index is 13.6. The number of carbonyl (C=O) groups excluding carboxylic acids is 1. The zero-order valence-corrected chi connectivity index (χ0v) is 20.0. The third kappa shape index (κ3) is 4.47. The van der Waals surface area contributed by atoms with Gasteiger partial charge in [0.2, 0.25) is 5.28 Å². The summed E-state index contributed by atoms with van der Waals surface area (Å²) in [6, 6.07) is 2.62. The summed E-state index contributed by atoms with van der Waals surface area (Å²) >= 11 is 6.13. The predicted molar refractivity (Wildman–Crippen MR) is 124 cm³/mol. The number of nitrogens with zero attached hydrogens (tertiary/aromatic N) is 6. The lowest BCUT2D eigenvalue weighted by Gasteiger charge is -2.33. The molecule has 3 aromatic heterocycles. The number of imidazole rings is 1. The molecule has 12 heteroatoms. The number of hydrogen-bond acceptors (Lipinski definition) is 7. The monoisotopic (exact) mass is 488 g/mol. The van der Waals surface area contributed by atoms with Gasteiger partial charge < -0.3 is 14.7 Å². The van der Waals surface area contributed by atoms with Crippen LogP contribution in [0.1, 0.15) is 55.8 Å². The summed E-state index contributed by atoms with van der Waals surface area (Å²) in [5, 5.41) is 9.15. The summed E-state index contributed by atoms with van der Waals surface area (Å²) < 4.78 is 8.45. The fourth-order valence-electron chi connectivity index (χ4n) is 4.09. The first-order chi connectivity index (χ1) is 16.0. The Labute approximate surface area is 200 Å². The maximum atomic E-state index is 13.6. The van der Waals surface area contributed by atoms with E-state index in [1.54, 1.807) is 16.4 Å². The van der Waals surface area contributed by atoms with Gasteiger partial charge in [-0.15, -0.1) is 0 Å². The normalized spacial score (nSPS) is 15.0. The van der Waals surface area contributed by atoms with E-state index in [9.17, 15) is 14.4 Å². The van der Waals surface area contributed by atoms with Gasteiger partial charge >= 0.3 is 17.8 Å². The molecule has 4 rings (SSSR count). The number of fused-ring (bicyclic) bond motifs is 1. The van der Waals surface area contributed by atoms with Gasteiger partial charge in [0, 0.05) is 19.1 Å². The number of ether oxygens (including phenoxy) is 1. The Morgan fingerprint density at radius 1 is 1.18 bits per heavy atom. The largest absolute Gasteiger partial charge is 0.477 e. The highest BCUT2D eigenvalue weighted by Crippen LogP contribution is 2.28. The van der Waals surface area contributed by atoms with Gasteiger partial charge in [0.05, 0.1) is 17.6 Å². The summed E-state index contributed by atoms with van der Waals surface area (Å²) in [4.78, 5) is 51.4. The smallest absolute Gasteiger partial charge is 0.410 e. The van der Waals surface area contributed by atoms with E-state index < -0.39 is 11.6 Å². The molecule has 34 heavy (non-hydrogen) atoms. The van der Waals surface area contributed by atoms with Crippen molar-refractivity contribution < 1.29 is 19.4 Å². The lowest BCUT2D eigenvalue weighted by Crippen LogP contribution is -2.43. The molecule has 0 saturated carbocycles. The van der Waals surface area contributed by atoms with Crippen LogP contribution in [0.4, 0.5) is 4.79 Å². The first kappa shape index (κ1) is 23.7. The van der Waals surface area contributed by atoms with E-state index in [4.69, 9.17) is 21.4 Å². The Morgan fingerprint density at radius 3 is 2.41 bits per heavy atom. The second kappa shape index (κ2) is 8.71. The minimum absolute atomic E-state index is 0.0152. The summed E-state index contributed by atoms with van der Waals surface area (Å²) in [5.41, 5.74) is 0.641.